The molecular weight excluding hydrogens is 669 g/mol. The minimum atomic E-state index is -1.34. The van der Waals surface area contributed by atoms with Crippen molar-refractivity contribution in [2.24, 2.45) is 7.05 Å². The van der Waals surface area contributed by atoms with Crippen LogP contribution in [0.15, 0.2) is 50.3 Å². The first-order valence-electron chi connectivity index (χ1n) is 17.6. The van der Waals surface area contributed by atoms with Gasteiger partial charge in [0.05, 0.1) is 17.6 Å². The fraction of sp³-hybridized carbons (Fsp3) is 0.556. The summed E-state index contributed by atoms with van der Waals surface area (Å²) >= 11 is 0. The number of carbonyl (C=O) groups excluding carboxylic acids is 1. The van der Waals surface area contributed by atoms with Gasteiger partial charge in [-0.25, -0.2) is 14.3 Å². The lowest BCUT2D eigenvalue weighted by atomic mass is 10.1. The zero-order valence-corrected chi connectivity index (χ0v) is 32.4. The summed E-state index contributed by atoms with van der Waals surface area (Å²) in [7, 11) is 0.258. The molecule has 14 nitrogen and oxygen atoms in total. The van der Waals surface area contributed by atoms with Crippen molar-refractivity contribution in [2.75, 3.05) is 24.6 Å². The van der Waals surface area contributed by atoms with Crippen LogP contribution in [0, 0.1) is 0 Å². The molecule has 0 radical (unpaired) electrons. The first kappa shape index (κ1) is 37.7. The first-order valence-corrected chi connectivity index (χ1v) is 21.3. The molecule has 276 valence electrons. The number of amides is 1. The van der Waals surface area contributed by atoms with Gasteiger partial charge in [0.25, 0.3) is 11.1 Å². The number of carbonyl (C=O) groups is 1. The Kier molecular flexibility index (Phi) is 11.1. The van der Waals surface area contributed by atoms with E-state index in [0.29, 0.717) is 48.7 Å². The average Bonchev–Trinajstić information content (AvgIpc) is 3.43. The van der Waals surface area contributed by atoms with Crippen molar-refractivity contribution in [1.82, 2.24) is 33.8 Å². The summed E-state index contributed by atoms with van der Waals surface area (Å²) in [4.78, 5) is 61.3. The summed E-state index contributed by atoms with van der Waals surface area (Å²) in [6, 6.07) is 7.82. The van der Waals surface area contributed by atoms with E-state index in [4.69, 9.17) is 14.5 Å². The van der Waals surface area contributed by atoms with Crippen LogP contribution in [0.25, 0.3) is 21.9 Å². The van der Waals surface area contributed by atoms with E-state index in [9.17, 15) is 19.2 Å². The van der Waals surface area contributed by atoms with Gasteiger partial charge in [-0.15, -0.1) is 0 Å². The van der Waals surface area contributed by atoms with Crippen LogP contribution >= 0.6 is 0 Å². The number of benzene rings is 1. The topological polar surface area (TPSA) is 148 Å². The molecular formula is C36H52N8O6Si. The number of ether oxygens (including phenoxy) is 2. The van der Waals surface area contributed by atoms with Gasteiger partial charge in [0, 0.05) is 52.8 Å². The Balaban J connectivity index is 1.57. The monoisotopic (exact) mass is 720 g/mol. The highest BCUT2D eigenvalue weighted by Gasteiger charge is 2.29. The number of allylic oxidation sites excluding steroid dienone is 2. The molecule has 3 aromatic heterocycles. The smallest absolute Gasteiger partial charge is 0.407 e. The lowest BCUT2D eigenvalue weighted by Crippen LogP contribution is -2.49. The number of alkyl carbamates (subject to hydrolysis) is 1. The van der Waals surface area contributed by atoms with Crippen LogP contribution in [-0.4, -0.2) is 74.0 Å². The van der Waals surface area contributed by atoms with Crippen molar-refractivity contribution in [1.29, 1.82) is 0 Å². The lowest BCUT2D eigenvalue weighted by Gasteiger charge is -2.34. The molecule has 1 N–H and O–H groups in total. The molecule has 1 amide bonds. The summed E-state index contributed by atoms with van der Waals surface area (Å²) < 4.78 is 17.0. The van der Waals surface area contributed by atoms with E-state index in [1.54, 1.807) is 31.3 Å². The molecule has 0 bridgehead atoms. The molecule has 0 aliphatic carbocycles. The quantitative estimate of drug-likeness (QED) is 0.135. The molecule has 1 unspecified atom stereocenters. The highest BCUT2D eigenvalue weighted by Crippen LogP contribution is 2.24. The zero-order chi connectivity index (χ0) is 37.2. The third-order valence-corrected chi connectivity index (χ3v) is 10.5. The highest BCUT2D eigenvalue weighted by atomic mass is 28.3. The molecule has 4 heterocycles. The molecule has 1 aliphatic heterocycles. The Hall–Kier alpha value is -4.50. The van der Waals surface area contributed by atoms with Gasteiger partial charge in [-0.1, -0.05) is 49.5 Å². The predicted molar refractivity (Wildman–Crippen MR) is 202 cm³/mol. The van der Waals surface area contributed by atoms with Crippen LogP contribution in [0.4, 0.5) is 10.7 Å². The van der Waals surface area contributed by atoms with Crippen molar-refractivity contribution in [2.45, 2.75) is 105 Å². The molecule has 0 spiro atoms. The standard InChI is InChI=1S/C36H52N8O6Si/c1-24(2)16-18-42-29-30(38-33(42)41-17-12-13-25(21-41)37-34(47)50-36(3,4)5)40(6)35(48)43(32(29)46)22-28-26-14-10-11-15-27(26)31(45)44(39-28)23-49-19-20-51(7,8)9/h10-11,14-16,25H,12-13,17-23H2,1-9H3,(H,37,47). The number of hydrogen-bond acceptors (Lipinski definition) is 9. The largest absolute Gasteiger partial charge is 0.444 e. The Labute approximate surface area is 298 Å². The molecule has 1 atom stereocenters. The van der Waals surface area contributed by atoms with Gasteiger partial charge in [0.1, 0.15) is 12.3 Å². The van der Waals surface area contributed by atoms with Gasteiger partial charge in [0.2, 0.25) is 5.95 Å². The van der Waals surface area contributed by atoms with Gasteiger partial charge in [-0.3, -0.25) is 18.7 Å². The number of nitrogens with zero attached hydrogens (tertiary/aromatic N) is 7. The van der Waals surface area contributed by atoms with Crippen LogP contribution < -0.4 is 27.0 Å². The third-order valence-electron chi connectivity index (χ3n) is 8.78. The molecule has 4 aromatic rings. The number of anilines is 1. The van der Waals surface area contributed by atoms with Gasteiger partial charge in [-0.2, -0.15) is 10.1 Å². The number of rotatable bonds is 11. The van der Waals surface area contributed by atoms with E-state index >= 15 is 0 Å². The molecule has 1 fully saturated rings. The van der Waals surface area contributed by atoms with E-state index in [-0.39, 0.29) is 36.0 Å². The zero-order valence-electron chi connectivity index (χ0n) is 31.4. The fourth-order valence-corrected chi connectivity index (χ4v) is 6.88. The maximum atomic E-state index is 14.5. The van der Waals surface area contributed by atoms with Crippen molar-refractivity contribution in [3.05, 3.63) is 72.8 Å². The van der Waals surface area contributed by atoms with Crippen molar-refractivity contribution < 1.29 is 14.3 Å². The summed E-state index contributed by atoms with van der Waals surface area (Å²) in [5.74, 6) is 0.538. The van der Waals surface area contributed by atoms with Gasteiger partial charge < -0.3 is 24.3 Å². The molecule has 51 heavy (non-hydrogen) atoms. The number of imidazole rings is 1. The van der Waals surface area contributed by atoms with E-state index in [1.165, 1.54) is 9.25 Å². The fourth-order valence-electron chi connectivity index (χ4n) is 6.13. The van der Waals surface area contributed by atoms with E-state index < -0.39 is 31.0 Å². The second kappa shape index (κ2) is 15.0. The average molecular weight is 721 g/mol. The van der Waals surface area contributed by atoms with Crippen molar-refractivity contribution in [3.63, 3.8) is 0 Å². The normalized spacial score (nSPS) is 15.4. The summed E-state index contributed by atoms with van der Waals surface area (Å²) in [6.45, 7) is 18.0. The predicted octanol–water partition coefficient (Wildman–Crippen LogP) is 4.43. The summed E-state index contributed by atoms with van der Waals surface area (Å²) in [6.07, 6.45) is 3.07. The maximum Gasteiger partial charge on any atom is 0.407 e. The van der Waals surface area contributed by atoms with E-state index in [0.717, 1.165) is 29.0 Å². The summed E-state index contributed by atoms with van der Waals surface area (Å²) in [5, 5.41) is 8.60. The van der Waals surface area contributed by atoms with Gasteiger partial charge in [-0.05, 0) is 59.6 Å². The van der Waals surface area contributed by atoms with Crippen LogP contribution in [0.2, 0.25) is 25.7 Å². The Morgan fingerprint density at radius 1 is 1.06 bits per heavy atom. The Bertz CT molecular complexity index is 2130. The number of fused-ring (bicyclic) bond motifs is 2. The molecule has 5 rings (SSSR count). The van der Waals surface area contributed by atoms with Crippen LogP contribution in [-0.2, 0) is 36.3 Å². The first-order chi connectivity index (χ1) is 23.9. The number of aromatic nitrogens is 6. The number of piperidine rings is 1. The maximum absolute atomic E-state index is 14.5. The number of hydrogen-bond donors (Lipinski definition) is 1. The van der Waals surface area contributed by atoms with Crippen molar-refractivity contribution in [3.8, 4) is 0 Å². The van der Waals surface area contributed by atoms with E-state index in [2.05, 4.69) is 30.1 Å². The third kappa shape index (κ3) is 8.87. The summed E-state index contributed by atoms with van der Waals surface area (Å²) in [5.41, 5.74) is 0.0124. The van der Waals surface area contributed by atoms with Gasteiger partial charge >= 0.3 is 11.8 Å². The minimum absolute atomic E-state index is 0.0362. The Morgan fingerprint density at radius 2 is 1.76 bits per heavy atom. The number of nitrogens with one attached hydrogen (secondary N) is 1. The molecule has 1 saturated heterocycles. The number of aryl methyl sites for hydroxylation is 1. The molecule has 1 aromatic carbocycles. The lowest BCUT2D eigenvalue weighted by molar-refractivity contribution is 0.0499. The highest BCUT2D eigenvalue weighted by molar-refractivity contribution is 6.76. The molecule has 0 saturated carbocycles. The van der Waals surface area contributed by atoms with Crippen LogP contribution in [0.5, 0.6) is 0 Å². The van der Waals surface area contributed by atoms with Crippen molar-refractivity contribution >= 4 is 42.1 Å². The Morgan fingerprint density at radius 3 is 2.43 bits per heavy atom. The molecule has 15 heteroatoms. The minimum Gasteiger partial charge on any atom is -0.444 e. The SMILES string of the molecule is CC(C)=CCn1c(N2CCCC(NC(=O)OC(C)(C)C)C2)nc2c1c(=O)n(Cc1nn(COCC[Si](C)(C)C)c(=O)c3ccccc13)c(=O)n2C. The van der Waals surface area contributed by atoms with Crippen LogP contribution in [0.1, 0.15) is 53.2 Å². The second-order valence-electron chi connectivity index (χ2n) is 15.8. The second-order valence-corrected chi connectivity index (χ2v) is 21.4. The van der Waals surface area contributed by atoms with Crippen LogP contribution in [0.3, 0.4) is 0 Å². The van der Waals surface area contributed by atoms with E-state index in [1.807, 2.05) is 50.2 Å². The van der Waals surface area contributed by atoms with Gasteiger partial charge in [0.15, 0.2) is 11.2 Å². The molecule has 1 aliphatic rings.